The first kappa shape index (κ1) is 12.3. The first-order chi connectivity index (χ1) is 8.79. The molecular weight excluding hydrogens is 298 g/mol. The highest BCUT2D eigenvalue weighted by molar-refractivity contribution is 9.10. The molecule has 0 amide bonds. The van der Waals surface area contributed by atoms with Gasteiger partial charge in [0.25, 0.3) is 0 Å². The summed E-state index contributed by atoms with van der Waals surface area (Å²) in [5.41, 5.74) is 2.54. The molecule has 0 saturated carbocycles. The van der Waals surface area contributed by atoms with E-state index in [1.165, 1.54) is 11.3 Å². The Morgan fingerprint density at radius 2 is 2.44 bits per heavy atom. The van der Waals surface area contributed by atoms with Gasteiger partial charge in [-0.1, -0.05) is 0 Å². The second-order valence-electron chi connectivity index (χ2n) is 4.83. The number of carbonyl (C=O) groups is 1. The van der Waals surface area contributed by atoms with Gasteiger partial charge in [-0.15, -0.1) is 0 Å². The third-order valence-electron chi connectivity index (χ3n) is 3.70. The first-order valence-corrected chi connectivity index (χ1v) is 7.08. The van der Waals surface area contributed by atoms with Crippen LogP contribution in [0, 0.1) is 0 Å². The van der Waals surface area contributed by atoms with Crippen LogP contribution in [0.1, 0.15) is 23.7 Å². The molecule has 0 aliphatic carbocycles. The van der Waals surface area contributed by atoms with Crippen LogP contribution >= 0.6 is 15.9 Å². The molecule has 2 aliphatic heterocycles. The van der Waals surface area contributed by atoms with Crippen molar-refractivity contribution in [1.29, 1.82) is 0 Å². The van der Waals surface area contributed by atoms with Crippen molar-refractivity contribution >= 4 is 22.2 Å². The summed E-state index contributed by atoms with van der Waals surface area (Å²) >= 11 is 3.54. The number of hydrogen-bond donors (Lipinski definition) is 0. The van der Waals surface area contributed by atoms with Crippen molar-refractivity contribution in [1.82, 2.24) is 14.7 Å². The van der Waals surface area contributed by atoms with Crippen molar-refractivity contribution < 1.29 is 9.53 Å². The fraction of sp³-hybridized carbons (Fsp3) is 0.667. The Balaban J connectivity index is 1.87. The molecule has 6 heteroatoms. The van der Waals surface area contributed by atoms with Crippen LogP contribution in [0.25, 0.3) is 0 Å². The van der Waals surface area contributed by atoms with E-state index in [1.807, 2.05) is 0 Å². The molecule has 1 fully saturated rings. The molecule has 1 atom stereocenters. The summed E-state index contributed by atoms with van der Waals surface area (Å²) in [6, 6.07) is 0.377. The molecule has 1 aromatic heterocycles. The number of nitrogens with zero attached hydrogens (tertiary/aromatic N) is 3. The second kappa shape index (κ2) is 5.11. The highest BCUT2D eigenvalue weighted by Crippen LogP contribution is 2.30. The lowest BCUT2D eigenvalue weighted by atomic mass is 10.1. The minimum absolute atomic E-state index is 0.377. The molecule has 3 rings (SSSR count). The molecule has 98 valence electrons. The topological polar surface area (TPSA) is 47.4 Å². The minimum Gasteiger partial charge on any atom is -0.379 e. The first-order valence-electron chi connectivity index (χ1n) is 6.29. The largest absolute Gasteiger partial charge is 0.379 e. The van der Waals surface area contributed by atoms with Gasteiger partial charge in [0, 0.05) is 37.4 Å². The van der Waals surface area contributed by atoms with Gasteiger partial charge in [-0.25, -0.2) is 0 Å². The van der Waals surface area contributed by atoms with Crippen LogP contribution in [-0.2, 0) is 22.5 Å². The molecule has 1 aromatic rings. The SMILES string of the molecule is O=CCN1CCc2c(c(Br)nn2[C@H]2CCOC2)C1. The summed E-state index contributed by atoms with van der Waals surface area (Å²) in [7, 11) is 0. The Bertz CT molecular complexity index is 454. The van der Waals surface area contributed by atoms with Crippen LogP contribution in [0.5, 0.6) is 0 Å². The van der Waals surface area contributed by atoms with Crippen LogP contribution < -0.4 is 0 Å². The van der Waals surface area contributed by atoms with Crippen molar-refractivity contribution in [2.75, 3.05) is 26.3 Å². The van der Waals surface area contributed by atoms with E-state index in [0.717, 1.165) is 50.0 Å². The van der Waals surface area contributed by atoms with Gasteiger partial charge in [-0.2, -0.15) is 5.10 Å². The van der Waals surface area contributed by atoms with E-state index < -0.39 is 0 Å². The zero-order chi connectivity index (χ0) is 12.5. The lowest BCUT2D eigenvalue weighted by Gasteiger charge is -2.26. The van der Waals surface area contributed by atoms with Gasteiger partial charge in [-0.05, 0) is 22.4 Å². The van der Waals surface area contributed by atoms with Crippen molar-refractivity contribution in [2.45, 2.75) is 25.4 Å². The smallest absolute Gasteiger partial charge is 0.133 e. The normalized spacial score (nSPS) is 24.2. The third kappa shape index (κ3) is 2.13. The predicted octanol–water partition coefficient (Wildman–Crippen LogP) is 1.16. The molecule has 0 aromatic carbocycles. The second-order valence-corrected chi connectivity index (χ2v) is 5.58. The van der Waals surface area contributed by atoms with Gasteiger partial charge in [-0.3, -0.25) is 9.58 Å². The van der Waals surface area contributed by atoms with E-state index in [9.17, 15) is 4.79 Å². The predicted molar refractivity (Wildman–Crippen MR) is 69.4 cm³/mol. The van der Waals surface area contributed by atoms with E-state index in [4.69, 9.17) is 4.74 Å². The zero-order valence-electron chi connectivity index (χ0n) is 10.1. The third-order valence-corrected chi connectivity index (χ3v) is 4.34. The van der Waals surface area contributed by atoms with E-state index in [0.29, 0.717) is 12.6 Å². The molecule has 18 heavy (non-hydrogen) atoms. The van der Waals surface area contributed by atoms with Crippen LogP contribution in [0.15, 0.2) is 4.60 Å². The molecule has 3 heterocycles. The lowest BCUT2D eigenvalue weighted by molar-refractivity contribution is -0.109. The molecule has 0 spiro atoms. The highest BCUT2D eigenvalue weighted by Gasteiger charge is 2.28. The molecular formula is C12H16BrN3O2. The Morgan fingerprint density at radius 3 is 3.17 bits per heavy atom. The van der Waals surface area contributed by atoms with Crippen molar-refractivity contribution in [3.63, 3.8) is 0 Å². The minimum atomic E-state index is 0.377. The zero-order valence-corrected chi connectivity index (χ0v) is 11.7. The summed E-state index contributed by atoms with van der Waals surface area (Å²) in [6.45, 7) is 3.83. The van der Waals surface area contributed by atoms with Gasteiger partial charge in [0.2, 0.25) is 0 Å². The lowest BCUT2D eigenvalue weighted by Crippen LogP contribution is -2.33. The maximum atomic E-state index is 10.6. The molecule has 5 nitrogen and oxygen atoms in total. The molecule has 0 N–H and O–H groups in total. The van der Waals surface area contributed by atoms with Gasteiger partial charge in [0.1, 0.15) is 10.9 Å². The van der Waals surface area contributed by atoms with E-state index in [1.54, 1.807) is 0 Å². The maximum Gasteiger partial charge on any atom is 0.133 e. The summed E-state index contributed by atoms with van der Waals surface area (Å²) in [5, 5.41) is 4.61. The van der Waals surface area contributed by atoms with Gasteiger partial charge >= 0.3 is 0 Å². The number of fused-ring (bicyclic) bond motifs is 1. The quantitative estimate of drug-likeness (QED) is 0.786. The number of halogens is 1. The van der Waals surface area contributed by atoms with Crippen molar-refractivity contribution in [3.05, 3.63) is 15.9 Å². The summed E-state index contributed by atoms with van der Waals surface area (Å²) in [4.78, 5) is 12.7. The number of aldehydes is 1. The number of carbonyl (C=O) groups excluding carboxylic acids is 1. The van der Waals surface area contributed by atoms with Crippen LogP contribution in [0.2, 0.25) is 0 Å². The number of aromatic nitrogens is 2. The Kier molecular flexibility index (Phi) is 3.50. The molecule has 0 radical (unpaired) electrons. The van der Waals surface area contributed by atoms with Gasteiger partial charge in [0.15, 0.2) is 0 Å². The van der Waals surface area contributed by atoms with Gasteiger partial charge < -0.3 is 9.53 Å². The fourth-order valence-electron chi connectivity index (χ4n) is 2.74. The van der Waals surface area contributed by atoms with Crippen molar-refractivity contribution in [3.8, 4) is 0 Å². The van der Waals surface area contributed by atoms with Crippen molar-refractivity contribution in [2.24, 2.45) is 0 Å². The summed E-state index contributed by atoms with van der Waals surface area (Å²) < 4.78 is 8.48. The average Bonchev–Trinajstić information content (AvgIpc) is 2.98. The van der Waals surface area contributed by atoms with E-state index >= 15 is 0 Å². The van der Waals surface area contributed by atoms with Crippen LogP contribution in [0.4, 0.5) is 0 Å². The Morgan fingerprint density at radius 1 is 1.56 bits per heavy atom. The average molecular weight is 314 g/mol. The number of ether oxygens (including phenoxy) is 1. The summed E-state index contributed by atoms with van der Waals surface area (Å²) in [6.07, 6.45) is 2.96. The number of rotatable bonds is 3. The van der Waals surface area contributed by atoms with Crippen LogP contribution in [-0.4, -0.2) is 47.3 Å². The monoisotopic (exact) mass is 313 g/mol. The molecule has 2 aliphatic rings. The molecule has 1 saturated heterocycles. The summed E-state index contributed by atoms with van der Waals surface area (Å²) in [5.74, 6) is 0. The standard InChI is InChI=1S/C12H16BrN3O2/c13-12-10-7-15(4-5-17)3-1-11(10)16(14-12)9-2-6-18-8-9/h5,9H,1-4,6-8H2/t9-/m0/s1. The van der Waals surface area contributed by atoms with E-state index in [2.05, 4.69) is 30.6 Å². The fourth-order valence-corrected chi connectivity index (χ4v) is 3.26. The molecule has 0 unspecified atom stereocenters. The highest BCUT2D eigenvalue weighted by atomic mass is 79.9. The van der Waals surface area contributed by atoms with Gasteiger partial charge in [0.05, 0.1) is 19.2 Å². The van der Waals surface area contributed by atoms with E-state index in [-0.39, 0.29) is 0 Å². The molecule has 0 bridgehead atoms. The Labute approximate surface area is 114 Å². The maximum absolute atomic E-state index is 10.6. The van der Waals surface area contributed by atoms with Crippen LogP contribution in [0.3, 0.4) is 0 Å². The Hall–Kier alpha value is -0.720. The number of hydrogen-bond acceptors (Lipinski definition) is 4.